The number of hydrogen-bond donors (Lipinski definition) is 0. The minimum Gasteiger partial charge on any atom is -0.497 e. The molecule has 0 saturated carbocycles. The summed E-state index contributed by atoms with van der Waals surface area (Å²) in [6.07, 6.45) is 0. The Kier molecular flexibility index (Phi) is 3.16. The molecule has 0 fully saturated rings. The molecule has 20 heavy (non-hydrogen) atoms. The summed E-state index contributed by atoms with van der Waals surface area (Å²) < 4.78 is 24.2. The number of ether oxygens (including phenoxy) is 1. The maximum absolute atomic E-state index is 13.6. The Morgan fingerprint density at radius 2 is 1.65 bits per heavy atom. The SMILES string of the molecule is COc1ccc(-c2nnc(-c3ccccc3F)o2)cc1. The van der Waals surface area contributed by atoms with Crippen LogP contribution in [0.15, 0.2) is 52.9 Å². The van der Waals surface area contributed by atoms with Crippen LogP contribution in [-0.4, -0.2) is 17.3 Å². The molecule has 4 nitrogen and oxygen atoms in total. The van der Waals surface area contributed by atoms with Crippen LogP contribution in [0.5, 0.6) is 5.75 Å². The van der Waals surface area contributed by atoms with E-state index in [1.54, 1.807) is 49.6 Å². The lowest BCUT2D eigenvalue weighted by Gasteiger charge is -1.99. The van der Waals surface area contributed by atoms with Crippen LogP contribution in [0.3, 0.4) is 0 Å². The van der Waals surface area contributed by atoms with E-state index in [1.165, 1.54) is 6.07 Å². The summed E-state index contributed by atoms with van der Waals surface area (Å²) in [6.45, 7) is 0. The van der Waals surface area contributed by atoms with E-state index < -0.39 is 5.82 Å². The number of benzene rings is 2. The molecule has 2 aromatic carbocycles. The zero-order valence-electron chi connectivity index (χ0n) is 10.7. The van der Waals surface area contributed by atoms with E-state index in [4.69, 9.17) is 9.15 Å². The van der Waals surface area contributed by atoms with Crippen molar-refractivity contribution in [1.82, 2.24) is 10.2 Å². The van der Waals surface area contributed by atoms with Gasteiger partial charge in [-0.2, -0.15) is 0 Å². The van der Waals surface area contributed by atoms with Gasteiger partial charge < -0.3 is 9.15 Å². The van der Waals surface area contributed by atoms with Gasteiger partial charge in [0.1, 0.15) is 11.6 Å². The topological polar surface area (TPSA) is 48.2 Å². The Bertz CT molecular complexity index is 723. The first-order chi connectivity index (χ1) is 9.78. The number of methoxy groups -OCH3 is 1. The Balaban J connectivity index is 1.95. The summed E-state index contributed by atoms with van der Waals surface area (Å²) in [5.41, 5.74) is 1.04. The van der Waals surface area contributed by atoms with E-state index in [-0.39, 0.29) is 5.89 Å². The number of aromatic nitrogens is 2. The Morgan fingerprint density at radius 3 is 2.35 bits per heavy atom. The van der Waals surface area contributed by atoms with Gasteiger partial charge in [0.25, 0.3) is 5.89 Å². The van der Waals surface area contributed by atoms with E-state index in [0.29, 0.717) is 11.5 Å². The van der Waals surface area contributed by atoms with E-state index in [1.807, 2.05) is 0 Å². The third kappa shape index (κ3) is 2.25. The van der Waals surface area contributed by atoms with Gasteiger partial charge in [-0.1, -0.05) is 12.1 Å². The van der Waals surface area contributed by atoms with E-state index >= 15 is 0 Å². The third-order valence-electron chi connectivity index (χ3n) is 2.87. The molecule has 0 radical (unpaired) electrons. The molecule has 0 aliphatic rings. The number of rotatable bonds is 3. The molecule has 1 heterocycles. The summed E-state index contributed by atoms with van der Waals surface area (Å²) >= 11 is 0. The standard InChI is InChI=1S/C15H11FN2O2/c1-19-11-8-6-10(7-9-11)14-17-18-15(20-14)12-4-2-3-5-13(12)16/h2-9H,1H3. The lowest BCUT2D eigenvalue weighted by molar-refractivity contribution is 0.415. The molecular formula is C15H11FN2O2. The second-order valence-electron chi connectivity index (χ2n) is 4.12. The highest BCUT2D eigenvalue weighted by Gasteiger charge is 2.13. The van der Waals surface area contributed by atoms with Gasteiger partial charge in [0.15, 0.2) is 0 Å². The smallest absolute Gasteiger partial charge is 0.251 e. The molecule has 0 spiro atoms. The molecule has 0 atom stereocenters. The first-order valence-corrected chi connectivity index (χ1v) is 6.01. The van der Waals surface area contributed by atoms with Crippen molar-refractivity contribution in [3.63, 3.8) is 0 Å². The molecule has 0 saturated heterocycles. The molecule has 0 N–H and O–H groups in total. The molecule has 3 rings (SSSR count). The summed E-state index contributed by atoms with van der Waals surface area (Å²) in [4.78, 5) is 0. The monoisotopic (exact) mass is 270 g/mol. The highest BCUT2D eigenvalue weighted by atomic mass is 19.1. The summed E-state index contributed by atoms with van der Waals surface area (Å²) in [6, 6.07) is 13.5. The van der Waals surface area contributed by atoms with E-state index in [9.17, 15) is 4.39 Å². The van der Waals surface area contributed by atoms with E-state index in [2.05, 4.69) is 10.2 Å². The predicted octanol–water partition coefficient (Wildman–Crippen LogP) is 3.55. The predicted molar refractivity (Wildman–Crippen MR) is 71.7 cm³/mol. The molecule has 5 heteroatoms. The Morgan fingerprint density at radius 1 is 0.950 bits per heavy atom. The van der Waals surface area contributed by atoms with Gasteiger partial charge in [0.05, 0.1) is 12.7 Å². The molecule has 0 unspecified atom stereocenters. The number of halogens is 1. The normalized spacial score (nSPS) is 10.5. The van der Waals surface area contributed by atoms with Gasteiger partial charge in [-0.05, 0) is 36.4 Å². The van der Waals surface area contributed by atoms with Gasteiger partial charge in [0.2, 0.25) is 5.89 Å². The second kappa shape index (κ2) is 5.13. The lowest BCUT2D eigenvalue weighted by Crippen LogP contribution is -1.82. The van der Waals surface area contributed by atoms with Crippen LogP contribution in [0.2, 0.25) is 0 Å². The van der Waals surface area contributed by atoms with Crippen molar-refractivity contribution in [1.29, 1.82) is 0 Å². The molecule has 0 bridgehead atoms. The van der Waals surface area contributed by atoms with Crippen LogP contribution in [-0.2, 0) is 0 Å². The van der Waals surface area contributed by atoms with Crippen molar-refractivity contribution in [2.45, 2.75) is 0 Å². The quantitative estimate of drug-likeness (QED) is 0.730. The minimum atomic E-state index is -0.391. The Hall–Kier alpha value is -2.69. The van der Waals surface area contributed by atoms with Crippen molar-refractivity contribution in [3.05, 3.63) is 54.3 Å². The van der Waals surface area contributed by atoms with Gasteiger partial charge in [-0.15, -0.1) is 10.2 Å². The minimum absolute atomic E-state index is 0.161. The molecule has 1 aromatic heterocycles. The van der Waals surface area contributed by atoms with Crippen molar-refractivity contribution in [3.8, 4) is 28.7 Å². The molecule has 3 aromatic rings. The second-order valence-corrected chi connectivity index (χ2v) is 4.12. The fourth-order valence-electron chi connectivity index (χ4n) is 1.82. The third-order valence-corrected chi connectivity index (χ3v) is 2.87. The fraction of sp³-hybridized carbons (Fsp3) is 0.0667. The summed E-state index contributed by atoms with van der Waals surface area (Å²) in [5, 5.41) is 7.81. The van der Waals surface area contributed by atoms with Gasteiger partial charge in [-0.3, -0.25) is 0 Å². The molecule has 0 aliphatic heterocycles. The first kappa shape index (κ1) is 12.3. The maximum Gasteiger partial charge on any atom is 0.251 e. The summed E-state index contributed by atoms with van der Waals surface area (Å²) in [5.74, 6) is 0.847. The van der Waals surface area contributed by atoms with E-state index in [0.717, 1.165) is 11.3 Å². The van der Waals surface area contributed by atoms with Gasteiger partial charge in [-0.25, -0.2) is 4.39 Å². The number of nitrogens with zero attached hydrogens (tertiary/aromatic N) is 2. The van der Waals surface area contributed by atoms with Crippen LogP contribution >= 0.6 is 0 Å². The average Bonchev–Trinajstić information content (AvgIpc) is 2.97. The van der Waals surface area contributed by atoms with Gasteiger partial charge in [0, 0.05) is 5.56 Å². The zero-order chi connectivity index (χ0) is 13.9. The first-order valence-electron chi connectivity index (χ1n) is 6.01. The van der Waals surface area contributed by atoms with Gasteiger partial charge >= 0.3 is 0 Å². The number of hydrogen-bond acceptors (Lipinski definition) is 4. The van der Waals surface area contributed by atoms with Crippen LogP contribution in [0.1, 0.15) is 0 Å². The van der Waals surface area contributed by atoms with Crippen molar-refractivity contribution in [2.24, 2.45) is 0 Å². The lowest BCUT2D eigenvalue weighted by atomic mass is 10.2. The largest absolute Gasteiger partial charge is 0.497 e. The van der Waals surface area contributed by atoms with Crippen molar-refractivity contribution < 1.29 is 13.5 Å². The highest BCUT2D eigenvalue weighted by Crippen LogP contribution is 2.26. The average molecular weight is 270 g/mol. The molecular weight excluding hydrogens is 259 g/mol. The fourth-order valence-corrected chi connectivity index (χ4v) is 1.82. The van der Waals surface area contributed by atoms with Crippen LogP contribution < -0.4 is 4.74 Å². The molecule has 0 aliphatic carbocycles. The van der Waals surface area contributed by atoms with Crippen LogP contribution in [0.25, 0.3) is 22.9 Å². The Labute approximate surface area is 114 Å². The maximum atomic E-state index is 13.6. The van der Waals surface area contributed by atoms with Crippen molar-refractivity contribution in [2.75, 3.05) is 7.11 Å². The highest BCUT2D eigenvalue weighted by molar-refractivity contribution is 5.58. The zero-order valence-corrected chi connectivity index (χ0v) is 10.7. The molecule has 100 valence electrons. The summed E-state index contributed by atoms with van der Waals surface area (Å²) in [7, 11) is 1.60. The van der Waals surface area contributed by atoms with Crippen LogP contribution in [0, 0.1) is 5.82 Å². The van der Waals surface area contributed by atoms with Crippen molar-refractivity contribution >= 4 is 0 Å². The van der Waals surface area contributed by atoms with Crippen LogP contribution in [0.4, 0.5) is 4.39 Å². The molecule has 0 amide bonds.